The molecule has 0 aliphatic heterocycles. The van der Waals surface area contributed by atoms with Crippen LogP contribution in [0.5, 0.6) is 0 Å². The predicted molar refractivity (Wildman–Crippen MR) is 147 cm³/mol. The second-order valence-electron chi connectivity index (χ2n) is 10.0. The molecule has 1 amide bonds. The summed E-state index contributed by atoms with van der Waals surface area (Å²) in [6, 6.07) is 20.7. The molecule has 6 rings (SSSR count). The van der Waals surface area contributed by atoms with E-state index < -0.39 is 0 Å². The van der Waals surface area contributed by atoms with E-state index in [-0.39, 0.29) is 17.7 Å². The summed E-state index contributed by atoms with van der Waals surface area (Å²) in [4.78, 5) is 25.8. The molecular weight excluding hydrogens is 460 g/mol. The van der Waals surface area contributed by atoms with Crippen LogP contribution >= 0.6 is 0 Å². The van der Waals surface area contributed by atoms with Crippen molar-refractivity contribution in [3.63, 3.8) is 0 Å². The first-order valence-corrected chi connectivity index (χ1v) is 13.2. The number of fused-ring (bicyclic) bond motifs is 2. The number of anilines is 1. The van der Waals surface area contributed by atoms with Crippen LogP contribution in [0.3, 0.4) is 0 Å². The lowest BCUT2D eigenvalue weighted by molar-refractivity contribution is -0.126. The van der Waals surface area contributed by atoms with E-state index in [4.69, 9.17) is 10.7 Å². The number of nitrogens with two attached hydrogens (primary N) is 1. The van der Waals surface area contributed by atoms with Gasteiger partial charge in [-0.15, -0.1) is 0 Å². The summed E-state index contributed by atoms with van der Waals surface area (Å²) >= 11 is 0. The molecule has 3 aromatic heterocycles. The lowest BCUT2D eigenvalue weighted by atomic mass is 9.81. The number of H-pyrrole nitrogens is 1. The Morgan fingerprint density at radius 1 is 1.05 bits per heavy atom. The zero-order chi connectivity index (χ0) is 25.2. The van der Waals surface area contributed by atoms with Gasteiger partial charge in [0.1, 0.15) is 22.9 Å². The first-order valence-electron chi connectivity index (χ1n) is 13.2. The number of nitrogens with zero attached hydrogens (tertiary/aromatic N) is 3. The van der Waals surface area contributed by atoms with Gasteiger partial charge >= 0.3 is 0 Å². The van der Waals surface area contributed by atoms with Gasteiger partial charge in [0.15, 0.2) is 0 Å². The van der Waals surface area contributed by atoms with Gasteiger partial charge in [0.05, 0.1) is 5.69 Å². The third-order valence-corrected chi connectivity index (χ3v) is 7.64. The van der Waals surface area contributed by atoms with E-state index in [0.717, 1.165) is 78.7 Å². The van der Waals surface area contributed by atoms with Gasteiger partial charge in [-0.3, -0.25) is 9.20 Å². The lowest BCUT2D eigenvalue weighted by Crippen LogP contribution is -2.33. The van der Waals surface area contributed by atoms with E-state index in [1.807, 2.05) is 24.4 Å². The summed E-state index contributed by atoms with van der Waals surface area (Å²) in [5, 5.41) is 4.30. The molecule has 2 aromatic carbocycles. The number of carbonyl (C=O) groups excluding carboxylic acids is 1. The molecule has 188 valence electrons. The molecule has 1 saturated carbocycles. The second-order valence-corrected chi connectivity index (χ2v) is 10.0. The van der Waals surface area contributed by atoms with Crippen molar-refractivity contribution in [1.29, 1.82) is 0 Å². The summed E-state index contributed by atoms with van der Waals surface area (Å²) in [6.07, 6.45) is 9.21. The van der Waals surface area contributed by atoms with Gasteiger partial charge in [-0.25, -0.2) is 9.97 Å². The highest BCUT2D eigenvalue weighted by Crippen LogP contribution is 2.39. The number of amides is 1. The van der Waals surface area contributed by atoms with Gasteiger partial charge in [-0.05, 0) is 56.2 Å². The fourth-order valence-electron chi connectivity index (χ4n) is 5.67. The third kappa shape index (κ3) is 4.69. The maximum atomic E-state index is 12.8. The number of nitrogen functional groups attached to an aromatic ring is 1. The lowest BCUT2D eigenvalue weighted by Gasteiger charge is -2.27. The fourth-order valence-corrected chi connectivity index (χ4v) is 5.67. The standard InChI is InChI=1S/C30H32N6O/c31-28-27-26(25-19-23-10-4-5-11-24(23)34-25)35-29(36(27)18-17-32-28)21-12-14-22(15-13-21)30(37)33-16-6-9-20-7-2-1-3-8-20/h1-5,7-8,10-11,17-19,21-22,34H,6,9,12-16H2,(H2,31,32)(H,33,37). The Bertz CT molecular complexity index is 1500. The average Bonchev–Trinajstić information content (AvgIpc) is 3.54. The molecule has 0 bridgehead atoms. The molecule has 0 atom stereocenters. The number of nitrogens with one attached hydrogen (secondary N) is 2. The number of imidazole rings is 1. The highest BCUT2D eigenvalue weighted by atomic mass is 16.1. The largest absolute Gasteiger partial charge is 0.382 e. The number of hydrogen-bond donors (Lipinski definition) is 3. The molecule has 0 saturated heterocycles. The van der Waals surface area contributed by atoms with E-state index in [9.17, 15) is 4.79 Å². The van der Waals surface area contributed by atoms with Crippen LogP contribution in [0.2, 0.25) is 0 Å². The van der Waals surface area contributed by atoms with Crippen molar-refractivity contribution in [3.05, 3.63) is 84.4 Å². The summed E-state index contributed by atoms with van der Waals surface area (Å²) in [5.41, 5.74) is 11.3. The van der Waals surface area contributed by atoms with Crippen molar-refractivity contribution in [1.82, 2.24) is 24.7 Å². The van der Waals surface area contributed by atoms with Crippen molar-refractivity contribution in [3.8, 4) is 11.4 Å². The van der Waals surface area contributed by atoms with Gasteiger partial charge in [0.2, 0.25) is 5.91 Å². The summed E-state index contributed by atoms with van der Waals surface area (Å²) in [6.45, 7) is 0.721. The maximum absolute atomic E-state index is 12.8. The molecular formula is C30H32N6O. The number of aromatic nitrogens is 4. The smallest absolute Gasteiger partial charge is 0.223 e. The van der Waals surface area contributed by atoms with Gasteiger partial charge in [0, 0.05) is 41.7 Å². The zero-order valence-electron chi connectivity index (χ0n) is 20.9. The molecule has 1 aliphatic rings. The first kappa shape index (κ1) is 23.3. The summed E-state index contributed by atoms with van der Waals surface area (Å²) in [7, 11) is 0. The predicted octanol–water partition coefficient (Wildman–Crippen LogP) is 5.48. The Balaban J connectivity index is 1.14. The highest BCUT2D eigenvalue weighted by Gasteiger charge is 2.30. The molecule has 37 heavy (non-hydrogen) atoms. The van der Waals surface area contributed by atoms with Crippen LogP contribution < -0.4 is 11.1 Å². The maximum Gasteiger partial charge on any atom is 0.223 e. The van der Waals surface area contributed by atoms with Gasteiger partial charge in [-0.2, -0.15) is 0 Å². The third-order valence-electron chi connectivity index (χ3n) is 7.64. The van der Waals surface area contributed by atoms with Crippen molar-refractivity contribution >= 4 is 28.1 Å². The number of aryl methyl sites for hydroxylation is 1. The van der Waals surface area contributed by atoms with Crippen LogP contribution in [0, 0.1) is 5.92 Å². The van der Waals surface area contributed by atoms with E-state index in [1.54, 1.807) is 6.20 Å². The Morgan fingerprint density at radius 3 is 2.65 bits per heavy atom. The van der Waals surface area contributed by atoms with Gasteiger partial charge < -0.3 is 16.0 Å². The SMILES string of the molecule is Nc1nccn2c(C3CCC(C(=O)NCCCc4ccccc4)CC3)nc(-c3cc4ccccc4[nH]3)c12. The Hall–Kier alpha value is -4.13. The van der Waals surface area contributed by atoms with Crippen LogP contribution in [-0.4, -0.2) is 31.8 Å². The second kappa shape index (κ2) is 10.1. The van der Waals surface area contributed by atoms with E-state index in [2.05, 4.69) is 62.2 Å². The number of benzene rings is 2. The molecule has 7 nitrogen and oxygen atoms in total. The van der Waals surface area contributed by atoms with Crippen LogP contribution in [0.4, 0.5) is 5.82 Å². The molecule has 1 fully saturated rings. The number of carbonyl (C=O) groups is 1. The molecule has 1 aliphatic carbocycles. The van der Waals surface area contributed by atoms with Crippen molar-refractivity contribution in [2.24, 2.45) is 5.92 Å². The monoisotopic (exact) mass is 492 g/mol. The van der Waals surface area contributed by atoms with Crippen LogP contribution in [0.25, 0.3) is 27.8 Å². The minimum atomic E-state index is 0.0686. The van der Waals surface area contributed by atoms with Crippen LogP contribution in [0.1, 0.15) is 49.4 Å². The number of aromatic amines is 1. The molecule has 0 radical (unpaired) electrons. The van der Waals surface area contributed by atoms with Crippen molar-refractivity contribution in [2.45, 2.75) is 44.4 Å². The van der Waals surface area contributed by atoms with E-state index >= 15 is 0 Å². The van der Waals surface area contributed by atoms with Crippen molar-refractivity contribution < 1.29 is 4.79 Å². The molecule has 5 aromatic rings. The number of rotatable bonds is 7. The van der Waals surface area contributed by atoms with E-state index in [1.165, 1.54) is 5.56 Å². The van der Waals surface area contributed by atoms with Gasteiger partial charge in [-0.1, -0.05) is 48.5 Å². The van der Waals surface area contributed by atoms with Crippen LogP contribution in [0.15, 0.2) is 73.1 Å². The molecule has 7 heteroatoms. The number of para-hydroxylation sites is 1. The first-order chi connectivity index (χ1) is 18.2. The highest BCUT2D eigenvalue weighted by molar-refractivity contribution is 5.91. The summed E-state index contributed by atoms with van der Waals surface area (Å²) < 4.78 is 2.10. The minimum absolute atomic E-state index is 0.0686. The number of hydrogen-bond acceptors (Lipinski definition) is 4. The zero-order valence-corrected chi connectivity index (χ0v) is 20.9. The molecule has 3 heterocycles. The van der Waals surface area contributed by atoms with Crippen LogP contribution in [-0.2, 0) is 11.2 Å². The Morgan fingerprint density at radius 2 is 1.84 bits per heavy atom. The Labute approximate surface area is 216 Å². The normalized spacial score (nSPS) is 17.8. The Kier molecular flexibility index (Phi) is 6.35. The minimum Gasteiger partial charge on any atom is -0.382 e. The topological polar surface area (TPSA) is 101 Å². The van der Waals surface area contributed by atoms with Crippen molar-refractivity contribution in [2.75, 3.05) is 12.3 Å². The average molecular weight is 493 g/mol. The quantitative estimate of drug-likeness (QED) is 0.262. The molecule has 0 unspecified atom stereocenters. The van der Waals surface area contributed by atoms with Gasteiger partial charge in [0.25, 0.3) is 0 Å². The molecule has 0 spiro atoms. The summed E-state index contributed by atoms with van der Waals surface area (Å²) in [5.74, 6) is 2.00. The fraction of sp³-hybridized carbons (Fsp3) is 0.300. The van der Waals surface area contributed by atoms with E-state index in [0.29, 0.717) is 5.82 Å². The molecule has 4 N–H and O–H groups in total.